The Labute approximate surface area is 245 Å². The van der Waals surface area contributed by atoms with Crippen LogP contribution in [0.25, 0.3) is 33.2 Å². The summed E-state index contributed by atoms with van der Waals surface area (Å²) >= 11 is 0. The lowest BCUT2D eigenvalue weighted by Gasteiger charge is -2.20. The molecule has 0 atom stereocenters. The van der Waals surface area contributed by atoms with Gasteiger partial charge in [-0.05, 0) is 52.0 Å². The van der Waals surface area contributed by atoms with Crippen LogP contribution in [0.2, 0.25) is 0 Å². The van der Waals surface area contributed by atoms with E-state index in [0.717, 1.165) is 23.4 Å². The fraction of sp³-hybridized carbons (Fsp3) is 0.345. The summed E-state index contributed by atoms with van der Waals surface area (Å²) in [5.41, 5.74) is 4.16. The number of carbonyl (C=O) groups is 3. The second kappa shape index (κ2) is 13.2. The Bertz CT molecular complexity index is 1760. The standard InChI is InChI=1S/C27H29N5O7.C2H4O2/c1-27(2,3)39-23(33)15-31-22-13-17(32(36)37)7-8-20(22)29-24(25(31)34)19-14-30(11-5-10-28)21-9-6-16(12-18(19)21)26(35)38-4;1-2(3)4/h6-9,12-14H,5,10-11,15,28H2,1-4H3;1H3,(H,3,4). The van der Waals surface area contributed by atoms with Crippen LogP contribution in [0.15, 0.2) is 47.4 Å². The van der Waals surface area contributed by atoms with Gasteiger partial charge >= 0.3 is 11.9 Å². The molecule has 0 saturated carbocycles. The summed E-state index contributed by atoms with van der Waals surface area (Å²) in [5.74, 6) is -2.30. The van der Waals surface area contributed by atoms with Crippen molar-refractivity contribution in [1.29, 1.82) is 0 Å². The van der Waals surface area contributed by atoms with Gasteiger partial charge in [0.1, 0.15) is 17.8 Å². The second-order valence-electron chi connectivity index (χ2n) is 10.5. The highest BCUT2D eigenvalue weighted by Gasteiger charge is 2.23. The summed E-state index contributed by atoms with van der Waals surface area (Å²) in [4.78, 5) is 63.3. The summed E-state index contributed by atoms with van der Waals surface area (Å²) < 4.78 is 13.4. The van der Waals surface area contributed by atoms with Gasteiger partial charge in [-0.15, -0.1) is 0 Å². The number of nitro benzene ring substituents is 1. The molecule has 0 aliphatic rings. The predicted octanol–water partition coefficient (Wildman–Crippen LogP) is 1.44. The number of ether oxygens (including phenoxy) is 2. The van der Waals surface area contributed by atoms with Gasteiger partial charge in [0.2, 0.25) is 0 Å². The van der Waals surface area contributed by atoms with Crippen LogP contribution in [0.5, 0.6) is 0 Å². The van der Waals surface area contributed by atoms with E-state index in [-0.39, 0.29) is 22.4 Å². The number of rotatable bonds is 8. The third-order valence-electron chi connectivity index (χ3n) is 6.05. The zero-order valence-electron chi connectivity index (χ0n) is 24.5. The number of esters is 2. The van der Waals surface area contributed by atoms with E-state index in [0.29, 0.717) is 29.6 Å². The SMILES string of the molecule is CC(=O)[O-].COC(=O)c1ccc2c(c1)c(-c1nc3ccc([N+](=O)[O-])cc3n(CC(=O)OC(C)(C)C)c1=O)cn2CCC[NH3+]. The molecule has 0 aliphatic heterocycles. The van der Waals surface area contributed by atoms with Gasteiger partial charge < -0.3 is 29.7 Å². The van der Waals surface area contributed by atoms with E-state index in [1.807, 2.05) is 4.57 Å². The van der Waals surface area contributed by atoms with Crippen LogP contribution in [-0.2, 0) is 32.2 Å². The molecule has 0 saturated heterocycles. The molecule has 4 aromatic rings. The van der Waals surface area contributed by atoms with Gasteiger partial charge in [-0.2, -0.15) is 0 Å². The Balaban J connectivity index is 0.00000119. The fourth-order valence-corrected chi connectivity index (χ4v) is 4.37. The molecule has 228 valence electrons. The number of quaternary nitrogens is 1. The summed E-state index contributed by atoms with van der Waals surface area (Å²) in [6.45, 7) is 6.92. The number of nitro groups is 1. The number of aryl methyl sites for hydroxylation is 1. The van der Waals surface area contributed by atoms with Crippen molar-refractivity contribution >= 4 is 45.5 Å². The van der Waals surface area contributed by atoms with Crippen LogP contribution in [0.3, 0.4) is 0 Å². The van der Waals surface area contributed by atoms with Gasteiger partial charge in [0, 0.05) is 53.7 Å². The average molecular weight is 596 g/mol. The lowest BCUT2D eigenvalue weighted by molar-refractivity contribution is -0.384. The normalized spacial score (nSPS) is 11.1. The highest BCUT2D eigenvalue weighted by molar-refractivity contribution is 6.01. The largest absolute Gasteiger partial charge is 0.550 e. The van der Waals surface area contributed by atoms with E-state index in [2.05, 4.69) is 10.7 Å². The van der Waals surface area contributed by atoms with Crippen molar-refractivity contribution in [3.63, 3.8) is 0 Å². The molecule has 2 aromatic carbocycles. The van der Waals surface area contributed by atoms with Crippen LogP contribution in [-0.4, -0.2) is 56.2 Å². The van der Waals surface area contributed by atoms with Crippen molar-refractivity contribution in [2.75, 3.05) is 13.7 Å². The van der Waals surface area contributed by atoms with Gasteiger partial charge in [0.25, 0.3) is 11.2 Å². The highest BCUT2D eigenvalue weighted by Crippen LogP contribution is 2.31. The maximum atomic E-state index is 13.9. The Morgan fingerprint density at radius 3 is 2.35 bits per heavy atom. The monoisotopic (exact) mass is 595 g/mol. The van der Waals surface area contributed by atoms with Crippen molar-refractivity contribution in [2.24, 2.45) is 0 Å². The molecule has 14 nitrogen and oxygen atoms in total. The molecule has 0 spiro atoms. The number of nitrogens with zero attached hydrogens (tertiary/aromatic N) is 4. The molecule has 14 heteroatoms. The number of aliphatic carboxylic acids is 1. The minimum Gasteiger partial charge on any atom is -0.550 e. The van der Waals surface area contributed by atoms with Crippen LogP contribution in [0, 0.1) is 10.1 Å². The first kappa shape index (κ1) is 32.4. The number of non-ortho nitro benzene ring substituents is 1. The first-order valence-corrected chi connectivity index (χ1v) is 13.3. The van der Waals surface area contributed by atoms with E-state index in [9.17, 15) is 24.5 Å². The summed E-state index contributed by atoms with van der Waals surface area (Å²) in [5, 5.41) is 20.9. The molecular formula is C29H33N5O9. The number of carboxylic acids is 1. The first-order valence-electron chi connectivity index (χ1n) is 13.3. The third-order valence-corrected chi connectivity index (χ3v) is 6.05. The third kappa shape index (κ3) is 7.80. The van der Waals surface area contributed by atoms with Crippen molar-refractivity contribution in [3.05, 3.63) is 68.6 Å². The molecular weight excluding hydrogens is 562 g/mol. The number of hydrogen-bond acceptors (Lipinski definition) is 10. The molecule has 4 rings (SSSR count). The minimum atomic E-state index is -1.08. The number of fused-ring (bicyclic) bond motifs is 2. The van der Waals surface area contributed by atoms with Gasteiger partial charge in [-0.1, -0.05) is 0 Å². The van der Waals surface area contributed by atoms with E-state index in [1.165, 1.54) is 25.3 Å². The first-order chi connectivity index (χ1) is 20.2. The van der Waals surface area contributed by atoms with Crippen LogP contribution < -0.4 is 16.4 Å². The summed E-state index contributed by atoms with van der Waals surface area (Å²) in [7, 11) is 1.28. The maximum absolute atomic E-state index is 13.9. The smallest absolute Gasteiger partial charge is 0.337 e. The van der Waals surface area contributed by atoms with Gasteiger partial charge in [0.05, 0.1) is 35.2 Å². The fourth-order valence-electron chi connectivity index (χ4n) is 4.37. The van der Waals surface area contributed by atoms with Gasteiger partial charge in [-0.3, -0.25) is 24.3 Å². The number of aromatic nitrogens is 3. The Morgan fingerprint density at radius 2 is 1.77 bits per heavy atom. The Kier molecular flexibility index (Phi) is 9.98. The molecule has 0 fully saturated rings. The van der Waals surface area contributed by atoms with Crippen LogP contribution in [0.4, 0.5) is 5.69 Å². The molecule has 0 aliphatic carbocycles. The van der Waals surface area contributed by atoms with Gasteiger partial charge in [-0.25, -0.2) is 9.78 Å². The van der Waals surface area contributed by atoms with Crippen molar-refractivity contribution in [3.8, 4) is 11.3 Å². The molecule has 2 aromatic heterocycles. The summed E-state index contributed by atoms with van der Waals surface area (Å²) in [6.07, 6.45) is 2.56. The van der Waals surface area contributed by atoms with Crippen LogP contribution >= 0.6 is 0 Å². The number of methoxy groups -OCH3 is 1. The van der Waals surface area contributed by atoms with Gasteiger partial charge in [0.15, 0.2) is 0 Å². The molecule has 0 amide bonds. The second-order valence-corrected chi connectivity index (χ2v) is 10.5. The molecule has 0 unspecified atom stereocenters. The molecule has 3 N–H and O–H groups in total. The van der Waals surface area contributed by atoms with Crippen molar-refractivity contribution in [1.82, 2.24) is 14.1 Å². The Morgan fingerprint density at radius 1 is 1.09 bits per heavy atom. The maximum Gasteiger partial charge on any atom is 0.337 e. The van der Waals surface area contributed by atoms with E-state index < -0.39 is 40.5 Å². The minimum absolute atomic E-state index is 0.0281. The lowest BCUT2D eigenvalue weighted by Crippen LogP contribution is -2.50. The number of carbonyl (C=O) groups excluding carboxylic acids is 3. The summed E-state index contributed by atoms with van der Waals surface area (Å²) in [6, 6.07) is 8.99. The molecule has 0 bridgehead atoms. The zero-order valence-corrected chi connectivity index (χ0v) is 24.5. The van der Waals surface area contributed by atoms with E-state index in [1.54, 1.807) is 45.2 Å². The quantitative estimate of drug-likeness (QED) is 0.176. The van der Waals surface area contributed by atoms with E-state index >= 15 is 0 Å². The van der Waals surface area contributed by atoms with Crippen molar-refractivity contribution < 1.29 is 39.6 Å². The average Bonchev–Trinajstić information content (AvgIpc) is 3.28. The van der Waals surface area contributed by atoms with Crippen LogP contribution in [0.1, 0.15) is 44.5 Å². The van der Waals surface area contributed by atoms with E-state index in [4.69, 9.17) is 19.4 Å². The zero-order chi connectivity index (χ0) is 32.1. The predicted molar refractivity (Wildman–Crippen MR) is 154 cm³/mol. The molecule has 43 heavy (non-hydrogen) atoms. The Hall–Kier alpha value is -5.11. The lowest BCUT2D eigenvalue weighted by atomic mass is 10.1. The number of benzene rings is 2. The number of hydrogen-bond donors (Lipinski definition) is 1. The number of carboxylic acid groups (broad SMARTS) is 1. The van der Waals surface area contributed by atoms with Crippen molar-refractivity contribution in [2.45, 2.75) is 52.8 Å². The molecule has 2 heterocycles. The highest BCUT2D eigenvalue weighted by atomic mass is 16.6. The molecule has 0 radical (unpaired) electrons. The topological polar surface area (TPSA) is 203 Å².